The zero-order chi connectivity index (χ0) is 17.0. The average Bonchev–Trinajstić information content (AvgIpc) is 2.92. The van der Waals surface area contributed by atoms with Crippen LogP contribution in [0.3, 0.4) is 0 Å². The zero-order valence-corrected chi connectivity index (χ0v) is 14.8. The van der Waals surface area contributed by atoms with E-state index in [0.29, 0.717) is 23.9 Å². The van der Waals surface area contributed by atoms with Gasteiger partial charge in [0, 0.05) is 31.2 Å². The monoisotopic (exact) mass is 340 g/mol. The smallest absolute Gasteiger partial charge is 0.238 e. The molecule has 23 heavy (non-hydrogen) atoms. The maximum absolute atomic E-state index is 12.4. The number of hydrogen-bond acceptors (Lipinski definition) is 6. The van der Waals surface area contributed by atoms with Crippen LogP contribution in [0.1, 0.15) is 26.5 Å². The normalized spacial score (nSPS) is 22.7. The highest BCUT2D eigenvalue weighted by molar-refractivity contribution is 8.01. The molecule has 1 fully saturated rings. The predicted octanol–water partition coefficient (Wildman–Crippen LogP) is 1.25. The average molecular weight is 340 g/mol. The van der Waals surface area contributed by atoms with Crippen molar-refractivity contribution >= 4 is 29.4 Å². The van der Waals surface area contributed by atoms with E-state index >= 15 is 0 Å². The molecule has 0 radical (unpaired) electrons. The first-order valence-corrected chi connectivity index (χ1v) is 8.82. The minimum Gasteiger partial charge on any atom is -0.360 e. The first kappa shape index (κ1) is 17.8. The maximum atomic E-state index is 12.4. The van der Waals surface area contributed by atoms with Gasteiger partial charge in [-0.05, 0) is 27.7 Å². The third-order valence-corrected chi connectivity index (χ3v) is 5.19. The predicted molar refractivity (Wildman–Crippen MR) is 90.4 cm³/mol. The van der Waals surface area contributed by atoms with Gasteiger partial charge in [-0.15, -0.1) is 11.8 Å². The summed E-state index contributed by atoms with van der Waals surface area (Å²) in [6, 6.07) is 2.11. The molecule has 0 spiro atoms. The Morgan fingerprint density at radius 1 is 1.57 bits per heavy atom. The van der Waals surface area contributed by atoms with E-state index in [1.807, 2.05) is 11.8 Å². The molecule has 3 unspecified atom stereocenters. The molecule has 2 amide bonds. The molecule has 0 aliphatic carbocycles. The Labute approximate surface area is 140 Å². The number of piperazine rings is 1. The lowest BCUT2D eigenvalue weighted by Gasteiger charge is -2.38. The molecule has 1 aliphatic rings. The lowest BCUT2D eigenvalue weighted by atomic mass is 10.1. The van der Waals surface area contributed by atoms with E-state index in [2.05, 4.69) is 22.7 Å². The number of hydrogen-bond donors (Lipinski definition) is 2. The van der Waals surface area contributed by atoms with Gasteiger partial charge in [-0.25, -0.2) is 0 Å². The summed E-state index contributed by atoms with van der Waals surface area (Å²) >= 11 is 1.33. The van der Waals surface area contributed by atoms with Crippen molar-refractivity contribution in [1.29, 1.82) is 0 Å². The number of nitrogens with one attached hydrogen (secondary N) is 2. The van der Waals surface area contributed by atoms with Crippen LogP contribution in [0.15, 0.2) is 10.6 Å². The highest BCUT2D eigenvalue weighted by Crippen LogP contribution is 2.17. The second kappa shape index (κ2) is 7.83. The zero-order valence-electron chi connectivity index (χ0n) is 14.0. The van der Waals surface area contributed by atoms with Crippen LogP contribution < -0.4 is 10.6 Å². The number of rotatable bonds is 5. The number of aryl methyl sites for hydroxylation is 1. The Kier molecular flexibility index (Phi) is 6.06. The quantitative estimate of drug-likeness (QED) is 0.839. The van der Waals surface area contributed by atoms with Crippen molar-refractivity contribution < 1.29 is 14.1 Å². The number of carbonyl (C=O) groups excluding carboxylic acids is 2. The molecule has 0 bridgehead atoms. The van der Waals surface area contributed by atoms with Crippen molar-refractivity contribution in [3.8, 4) is 0 Å². The summed E-state index contributed by atoms with van der Waals surface area (Å²) in [6.07, 6.45) is 0. The van der Waals surface area contributed by atoms with Gasteiger partial charge in [-0.2, -0.15) is 0 Å². The summed E-state index contributed by atoms with van der Waals surface area (Å²) in [5.74, 6) is 1.22. The van der Waals surface area contributed by atoms with Gasteiger partial charge >= 0.3 is 0 Å². The number of anilines is 1. The molecule has 2 N–H and O–H groups in total. The van der Waals surface area contributed by atoms with Gasteiger partial charge < -0.3 is 20.1 Å². The Bertz CT molecular complexity index is 563. The Morgan fingerprint density at radius 2 is 2.30 bits per heavy atom. The van der Waals surface area contributed by atoms with Gasteiger partial charge in [0.15, 0.2) is 5.82 Å². The van der Waals surface area contributed by atoms with E-state index in [9.17, 15) is 9.59 Å². The minimum atomic E-state index is -0.341. The van der Waals surface area contributed by atoms with Crippen LogP contribution in [0.4, 0.5) is 5.82 Å². The SMILES string of the molecule is Cc1cc(NC(=O)C(C)SCC(=O)N2CCNC(C)C2C)no1. The molecule has 2 rings (SSSR count). The molecule has 8 heteroatoms. The van der Waals surface area contributed by atoms with Crippen molar-refractivity contribution in [2.75, 3.05) is 24.2 Å². The third-order valence-electron chi connectivity index (χ3n) is 4.06. The van der Waals surface area contributed by atoms with Gasteiger partial charge in [-0.1, -0.05) is 5.16 Å². The molecule has 1 aromatic rings. The van der Waals surface area contributed by atoms with Crippen molar-refractivity contribution in [2.45, 2.75) is 45.0 Å². The Balaban J connectivity index is 1.80. The Hall–Kier alpha value is -1.54. The van der Waals surface area contributed by atoms with E-state index in [4.69, 9.17) is 4.52 Å². The molecule has 0 saturated carbocycles. The fourth-order valence-electron chi connectivity index (χ4n) is 2.42. The molecule has 128 valence electrons. The highest BCUT2D eigenvalue weighted by Gasteiger charge is 2.28. The number of thioether (sulfide) groups is 1. The second-order valence-electron chi connectivity index (χ2n) is 5.84. The van der Waals surface area contributed by atoms with E-state index in [1.165, 1.54) is 11.8 Å². The largest absolute Gasteiger partial charge is 0.360 e. The lowest BCUT2D eigenvalue weighted by molar-refractivity contribution is -0.131. The van der Waals surface area contributed by atoms with E-state index < -0.39 is 0 Å². The summed E-state index contributed by atoms with van der Waals surface area (Å²) in [5.41, 5.74) is 0. The first-order chi connectivity index (χ1) is 10.9. The summed E-state index contributed by atoms with van der Waals surface area (Å²) in [5, 5.41) is 9.42. The van der Waals surface area contributed by atoms with E-state index in [0.717, 1.165) is 6.54 Å². The van der Waals surface area contributed by atoms with E-state index in [1.54, 1.807) is 19.9 Å². The molecule has 2 heterocycles. The van der Waals surface area contributed by atoms with Crippen molar-refractivity contribution in [3.63, 3.8) is 0 Å². The molecule has 1 aliphatic heterocycles. The van der Waals surface area contributed by atoms with Gasteiger partial charge in [0.25, 0.3) is 0 Å². The number of carbonyl (C=O) groups is 2. The van der Waals surface area contributed by atoms with Crippen molar-refractivity contribution in [3.05, 3.63) is 11.8 Å². The van der Waals surface area contributed by atoms with Crippen molar-refractivity contribution in [1.82, 2.24) is 15.4 Å². The molecule has 7 nitrogen and oxygen atoms in total. The van der Waals surface area contributed by atoms with Crippen LogP contribution in [0.2, 0.25) is 0 Å². The Morgan fingerprint density at radius 3 is 2.96 bits per heavy atom. The summed E-state index contributed by atoms with van der Waals surface area (Å²) < 4.78 is 4.91. The number of amides is 2. The van der Waals surface area contributed by atoms with Gasteiger partial charge in [0.2, 0.25) is 11.8 Å². The number of nitrogens with zero attached hydrogens (tertiary/aromatic N) is 2. The summed E-state index contributed by atoms with van der Waals surface area (Å²) in [4.78, 5) is 26.3. The molecular formula is C15H24N4O3S. The van der Waals surface area contributed by atoms with Crippen LogP contribution in [-0.2, 0) is 9.59 Å². The highest BCUT2D eigenvalue weighted by atomic mass is 32.2. The van der Waals surface area contributed by atoms with Crippen LogP contribution in [0, 0.1) is 6.92 Å². The fourth-order valence-corrected chi connectivity index (χ4v) is 3.19. The molecule has 0 aromatic carbocycles. The van der Waals surface area contributed by atoms with Crippen LogP contribution in [0.25, 0.3) is 0 Å². The van der Waals surface area contributed by atoms with Crippen molar-refractivity contribution in [2.24, 2.45) is 0 Å². The topological polar surface area (TPSA) is 87.5 Å². The van der Waals surface area contributed by atoms with Crippen LogP contribution in [0.5, 0.6) is 0 Å². The molecular weight excluding hydrogens is 316 g/mol. The molecule has 3 atom stereocenters. The van der Waals surface area contributed by atoms with E-state index in [-0.39, 0.29) is 29.1 Å². The second-order valence-corrected chi connectivity index (χ2v) is 7.16. The van der Waals surface area contributed by atoms with Gasteiger partial charge in [0.1, 0.15) is 5.76 Å². The lowest BCUT2D eigenvalue weighted by Crippen LogP contribution is -2.57. The minimum absolute atomic E-state index is 0.0766. The van der Waals surface area contributed by atoms with Crippen LogP contribution >= 0.6 is 11.8 Å². The van der Waals surface area contributed by atoms with Gasteiger partial charge in [0.05, 0.1) is 11.0 Å². The first-order valence-electron chi connectivity index (χ1n) is 7.77. The number of aromatic nitrogens is 1. The fraction of sp³-hybridized carbons (Fsp3) is 0.667. The van der Waals surface area contributed by atoms with Gasteiger partial charge in [-0.3, -0.25) is 9.59 Å². The standard InChI is InChI=1S/C15H24N4O3S/c1-9-7-13(18-22-9)17-15(21)12(4)23-8-14(20)19-6-5-16-10(2)11(19)3/h7,10-12,16H,5-6,8H2,1-4H3,(H,17,18,21). The molecule has 1 saturated heterocycles. The maximum Gasteiger partial charge on any atom is 0.238 e. The summed E-state index contributed by atoms with van der Waals surface area (Å²) in [7, 11) is 0. The summed E-state index contributed by atoms with van der Waals surface area (Å²) in [6.45, 7) is 9.18. The van der Waals surface area contributed by atoms with Crippen LogP contribution in [-0.4, -0.2) is 58.0 Å². The third kappa shape index (κ3) is 4.71. The molecule has 1 aromatic heterocycles.